The van der Waals surface area contributed by atoms with Gasteiger partial charge < -0.3 is 0 Å². The van der Waals surface area contributed by atoms with Crippen molar-refractivity contribution >= 4 is 36.0 Å². The van der Waals surface area contributed by atoms with Crippen LogP contribution in [0.1, 0.15) is 0 Å². The van der Waals surface area contributed by atoms with Crippen molar-refractivity contribution < 1.29 is 0 Å². The van der Waals surface area contributed by atoms with Crippen molar-refractivity contribution in [3.63, 3.8) is 0 Å². The van der Waals surface area contributed by atoms with Gasteiger partial charge in [-0.3, -0.25) is 0 Å². The zero-order valence-electron chi connectivity index (χ0n) is 7.16. The maximum absolute atomic E-state index is 5.98. The third kappa shape index (κ3) is 3.67. The lowest BCUT2D eigenvalue weighted by Crippen LogP contribution is -1.86. The van der Waals surface area contributed by atoms with Crippen LogP contribution in [0.25, 0.3) is 0 Å². The molecule has 0 saturated carbocycles. The molecule has 0 nitrogen and oxygen atoms in total. The van der Waals surface area contributed by atoms with Crippen LogP contribution in [-0.2, 0) is 0 Å². The first kappa shape index (κ1) is 11.0. The Labute approximate surface area is 93.8 Å². The van der Waals surface area contributed by atoms with Gasteiger partial charge in [-0.05, 0) is 12.1 Å². The smallest absolute Gasteiger partial charge is 0.0541 e. The highest BCUT2D eigenvalue weighted by molar-refractivity contribution is 7.99. The second kappa shape index (κ2) is 5.63. The van der Waals surface area contributed by atoms with Crippen molar-refractivity contribution in [1.82, 2.24) is 0 Å². The molecule has 0 bridgehead atoms. The van der Waals surface area contributed by atoms with E-state index in [-0.39, 0.29) is 0 Å². The molecule has 0 unspecified atom stereocenters. The second-order valence-electron chi connectivity index (χ2n) is 2.63. The predicted octanol–water partition coefficient (Wildman–Crippen LogP) is 3.92. The third-order valence-corrected chi connectivity index (χ3v) is 3.60. The average Bonchev–Trinajstić information content (AvgIpc) is 2.16. The molecule has 0 atom stereocenters. The fourth-order valence-corrected chi connectivity index (χ4v) is 2.19. The highest BCUT2D eigenvalue weighted by atomic mass is 35.5. The van der Waals surface area contributed by atoms with Gasteiger partial charge in [-0.25, -0.2) is 0 Å². The van der Waals surface area contributed by atoms with E-state index in [1.54, 1.807) is 11.8 Å². The molecule has 0 aliphatic heterocycles. The molecule has 1 aromatic carbocycles. The van der Waals surface area contributed by atoms with Crippen LogP contribution < -0.4 is 0 Å². The molecule has 0 N–H and O–H groups in total. The summed E-state index contributed by atoms with van der Waals surface area (Å²) in [5.41, 5.74) is 1.12. The van der Waals surface area contributed by atoms with Crippen molar-refractivity contribution in [2.75, 3.05) is 11.5 Å². The Kier molecular flexibility index (Phi) is 4.78. The minimum absolute atomic E-state index is 0.734. The number of rotatable bonds is 4. The standard InChI is InChI=1S/C10H11ClS2/c1-8(6-12)7-13-10-5-3-2-4-9(10)11/h2-5,12H,1,6-7H2. The molecule has 0 amide bonds. The molecule has 1 aromatic rings. The van der Waals surface area contributed by atoms with Crippen molar-refractivity contribution in [2.24, 2.45) is 0 Å². The zero-order valence-corrected chi connectivity index (χ0v) is 9.63. The molecule has 0 heterocycles. The van der Waals surface area contributed by atoms with E-state index < -0.39 is 0 Å². The van der Waals surface area contributed by atoms with Gasteiger partial charge in [0.1, 0.15) is 0 Å². The zero-order chi connectivity index (χ0) is 9.68. The molecule has 3 heteroatoms. The van der Waals surface area contributed by atoms with Gasteiger partial charge in [-0.15, -0.1) is 11.8 Å². The molecule has 70 valence electrons. The van der Waals surface area contributed by atoms with Crippen LogP contribution in [0.4, 0.5) is 0 Å². The minimum Gasteiger partial charge on any atom is -0.175 e. The summed E-state index contributed by atoms with van der Waals surface area (Å²) in [4.78, 5) is 1.10. The lowest BCUT2D eigenvalue weighted by molar-refractivity contribution is 1.42. The molecular formula is C10H11ClS2. The largest absolute Gasteiger partial charge is 0.175 e. The number of halogens is 1. The Bertz CT molecular complexity index is 297. The summed E-state index contributed by atoms with van der Waals surface area (Å²) in [6.45, 7) is 3.88. The van der Waals surface area contributed by atoms with Gasteiger partial charge in [0.15, 0.2) is 0 Å². The van der Waals surface area contributed by atoms with Crippen LogP contribution in [-0.4, -0.2) is 11.5 Å². The average molecular weight is 231 g/mol. The van der Waals surface area contributed by atoms with Gasteiger partial charge in [-0.2, -0.15) is 12.6 Å². The quantitative estimate of drug-likeness (QED) is 0.465. The summed E-state index contributed by atoms with van der Waals surface area (Å²) in [6, 6.07) is 7.82. The Morgan fingerprint density at radius 2 is 2.15 bits per heavy atom. The van der Waals surface area contributed by atoms with E-state index in [2.05, 4.69) is 19.2 Å². The lowest BCUT2D eigenvalue weighted by atomic mass is 10.4. The minimum atomic E-state index is 0.734. The summed E-state index contributed by atoms with van der Waals surface area (Å²) >= 11 is 11.8. The molecule has 0 spiro atoms. The molecule has 13 heavy (non-hydrogen) atoms. The van der Waals surface area contributed by atoms with Gasteiger partial charge in [0.2, 0.25) is 0 Å². The number of hydrogen-bond acceptors (Lipinski definition) is 2. The number of thioether (sulfide) groups is 1. The van der Waals surface area contributed by atoms with Crippen molar-refractivity contribution in [3.8, 4) is 0 Å². The van der Waals surface area contributed by atoms with Crippen molar-refractivity contribution in [1.29, 1.82) is 0 Å². The van der Waals surface area contributed by atoms with Gasteiger partial charge in [-0.1, -0.05) is 35.9 Å². The summed E-state index contributed by atoms with van der Waals surface area (Å²) in [5.74, 6) is 1.62. The fraction of sp³-hybridized carbons (Fsp3) is 0.200. The highest BCUT2D eigenvalue weighted by Crippen LogP contribution is 2.27. The van der Waals surface area contributed by atoms with Crippen LogP contribution in [0, 0.1) is 0 Å². The Morgan fingerprint density at radius 3 is 2.77 bits per heavy atom. The highest BCUT2D eigenvalue weighted by Gasteiger charge is 1.99. The molecule has 0 radical (unpaired) electrons. The fourth-order valence-electron chi connectivity index (χ4n) is 0.787. The summed E-state index contributed by atoms with van der Waals surface area (Å²) in [6.07, 6.45) is 0. The monoisotopic (exact) mass is 230 g/mol. The number of thiol groups is 1. The van der Waals surface area contributed by atoms with Crippen LogP contribution >= 0.6 is 36.0 Å². The first-order chi connectivity index (χ1) is 6.24. The molecule has 0 saturated heterocycles. The Morgan fingerprint density at radius 1 is 1.46 bits per heavy atom. The first-order valence-electron chi connectivity index (χ1n) is 3.89. The number of hydrogen-bond donors (Lipinski definition) is 1. The van der Waals surface area contributed by atoms with Crippen molar-refractivity contribution in [2.45, 2.75) is 4.90 Å². The number of benzene rings is 1. The van der Waals surface area contributed by atoms with E-state index >= 15 is 0 Å². The molecule has 0 aliphatic carbocycles. The van der Waals surface area contributed by atoms with Crippen LogP contribution in [0.15, 0.2) is 41.3 Å². The summed E-state index contributed by atoms with van der Waals surface area (Å²) < 4.78 is 0. The SMILES string of the molecule is C=C(CS)CSc1ccccc1Cl. The second-order valence-corrected chi connectivity index (χ2v) is 4.37. The Hall–Kier alpha value is -0.0500. The van der Waals surface area contributed by atoms with Gasteiger partial charge in [0.05, 0.1) is 5.02 Å². The predicted molar refractivity (Wildman–Crippen MR) is 65.2 cm³/mol. The third-order valence-electron chi connectivity index (χ3n) is 1.49. The first-order valence-corrected chi connectivity index (χ1v) is 5.88. The maximum atomic E-state index is 5.98. The molecular weight excluding hydrogens is 220 g/mol. The maximum Gasteiger partial charge on any atom is 0.0541 e. The van der Waals surface area contributed by atoms with Gasteiger partial charge >= 0.3 is 0 Å². The normalized spacial score (nSPS) is 10.0. The Balaban J connectivity index is 2.54. The lowest BCUT2D eigenvalue weighted by Gasteiger charge is -2.03. The topological polar surface area (TPSA) is 0 Å². The van der Waals surface area contributed by atoms with E-state index in [0.29, 0.717) is 0 Å². The van der Waals surface area contributed by atoms with E-state index in [0.717, 1.165) is 27.0 Å². The molecule has 1 rings (SSSR count). The molecule has 0 aliphatic rings. The van der Waals surface area contributed by atoms with E-state index in [9.17, 15) is 0 Å². The summed E-state index contributed by atoms with van der Waals surface area (Å²) in [5, 5.41) is 0.805. The van der Waals surface area contributed by atoms with Crippen LogP contribution in [0.2, 0.25) is 5.02 Å². The van der Waals surface area contributed by atoms with E-state index in [1.807, 2.05) is 24.3 Å². The molecule has 0 fully saturated rings. The van der Waals surface area contributed by atoms with Crippen molar-refractivity contribution in [3.05, 3.63) is 41.4 Å². The van der Waals surface area contributed by atoms with Gasteiger partial charge in [0.25, 0.3) is 0 Å². The molecule has 0 aromatic heterocycles. The van der Waals surface area contributed by atoms with Gasteiger partial charge in [0, 0.05) is 16.4 Å². The summed E-state index contributed by atoms with van der Waals surface area (Å²) in [7, 11) is 0. The van der Waals surface area contributed by atoms with E-state index in [4.69, 9.17) is 11.6 Å². The van der Waals surface area contributed by atoms with Crippen LogP contribution in [0.3, 0.4) is 0 Å². The van der Waals surface area contributed by atoms with E-state index in [1.165, 1.54) is 0 Å². The van der Waals surface area contributed by atoms with Crippen LogP contribution in [0.5, 0.6) is 0 Å².